The van der Waals surface area contributed by atoms with Gasteiger partial charge in [-0.2, -0.15) is 0 Å². The van der Waals surface area contributed by atoms with Crippen LogP contribution in [0.4, 0.5) is 0 Å². The lowest BCUT2D eigenvalue weighted by Gasteiger charge is -2.54. The number of likely N-dealkylation sites (tertiary alicyclic amines) is 1. The van der Waals surface area contributed by atoms with Gasteiger partial charge in [0.05, 0.1) is 18.1 Å². The summed E-state index contributed by atoms with van der Waals surface area (Å²) < 4.78 is 5.35. The summed E-state index contributed by atoms with van der Waals surface area (Å²) in [4.78, 5) is 31.6. The van der Waals surface area contributed by atoms with Crippen LogP contribution in [0.5, 0.6) is 0 Å². The maximum Gasteiger partial charge on any atom is 0.254 e. The van der Waals surface area contributed by atoms with Crippen LogP contribution in [-0.4, -0.2) is 60.5 Å². The van der Waals surface area contributed by atoms with Crippen LogP contribution in [0.25, 0.3) is 0 Å². The minimum absolute atomic E-state index is 0.0656. The van der Waals surface area contributed by atoms with E-state index in [2.05, 4.69) is 11.8 Å². The number of piperidine rings is 1. The Labute approximate surface area is 174 Å². The third kappa shape index (κ3) is 3.58. The van der Waals surface area contributed by atoms with Crippen LogP contribution in [0, 0.1) is 5.92 Å². The first-order valence-corrected chi connectivity index (χ1v) is 11.3. The minimum atomic E-state index is -0.414. The van der Waals surface area contributed by atoms with Crippen LogP contribution in [-0.2, 0) is 9.53 Å². The van der Waals surface area contributed by atoms with Crippen LogP contribution >= 0.6 is 0 Å². The fourth-order valence-electron chi connectivity index (χ4n) is 5.74. The van der Waals surface area contributed by atoms with Crippen molar-refractivity contribution in [3.63, 3.8) is 0 Å². The molecule has 0 aromatic heterocycles. The molecule has 1 aromatic rings. The maximum atomic E-state index is 14.0. The van der Waals surface area contributed by atoms with Gasteiger partial charge in [0.25, 0.3) is 5.91 Å². The quantitative estimate of drug-likeness (QED) is 0.774. The number of fused-ring (bicyclic) bond motifs is 1. The van der Waals surface area contributed by atoms with E-state index in [0.717, 1.165) is 57.2 Å². The number of carbonyl (C=O) groups excluding carboxylic acids is 2. The summed E-state index contributed by atoms with van der Waals surface area (Å²) in [6.07, 6.45) is 7.26. The topological polar surface area (TPSA) is 49.9 Å². The van der Waals surface area contributed by atoms with Crippen LogP contribution in [0.15, 0.2) is 24.3 Å². The lowest BCUT2D eigenvalue weighted by atomic mass is 9.65. The molecule has 1 spiro atoms. The monoisotopic (exact) mass is 398 g/mol. The van der Waals surface area contributed by atoms with E-state index in [1.807, 2.05) is 29.2 Å². The number of hydrogen-bond acceptors (Lipinski definition) is 3. The van der Waals surface area contributed by atoms with Crippen molar-refractivity contribution in [3.05, 3.63) is 35.4 Å². The second-order valence-electron chi connectivity index (χ2n) is 9.14. The second kappa shape index (κ2) is 8.47. The Morgan fingerprint density at radius 3 is 2.52 bits per heavy atom. The molecule has 1 unspecified atom stereocenters. The van der Waals surface area contributed by atoms with Crippen LogP contribution in [0.2, 0.25) is 0 Å². The number of carbonyl (C=O) groups is 2. The van der Waals surface area contributed by atoms with Crippen LogP contribution < -0.4 is 0 Å². The van der Waals surface area contributed by atoms with Crippen molar-refractivity contribution in [1.29, 1.82) is 0 Å². The number of benzene rings is 1. The van der Waals surface area contributed by atoms with E-state index >= 15 is 0 Å². The lowest BCUT2D eigenvalue weighted by Crippen LogP contribution is -2.63. The standard InChI is InChI=1S/C24H34N2O3/c1-18-10-14-25(15-11-18)23(28)21-19-8-4-5-9-20(19)22(27)26(16-17-29-2)24(21)12-6-3-7-13-24/h4-5,8-9,18,21H,3,6-7,10-17H2,1-2H3. The zero-order valence-corrected chi connectivity index (χ0v) is 17.9. The average Bonchev–Trinajstić information content (AvgIpc) is 2.75. The molecular weight excluding hydrogens is 364 g/mol. The first-order chi connectivity index (χ1) is 14.1. The molecule has 2 fully saturated rings. The maximum absolute atomic E-state index is 14.0. The molecule has 3 aliphatic rings. The van der Waals surface area contributed by atoms with Crippen molar-refractivity contribution < 1.29 is 14.3 Å². The smallest absolute Gasteiger partial charge is 0.254 e. The Balaban J connectivity index is 1.78. The third-order valence-corrected chi connectivity index (χ3v) is 7.40. The predicted molar refractivity (Wildman–Crippen MR) is 113 cm³/mol. The van der Waals surface area contributed by atoms with Gasteiger partial charge in [0.15, 0.2) is 0 Å². The Bertz CT molecular complexity index is 748. The van der Waals surface area contributed by atoms with Crippen molar-refractivity contribution in [2.75, 3.05) is 33.4 Å². The molecule has 0 radical (unpaired) electrons. The molecule has 1 saturated heterocycles. The van der Waals surface area contributed by atoms with Crippen molar-refractivity contribution in [2.45, 2.75) is 63.3 Å². The molecular formula is C24H34N2O3. The van der Waals surface area contributed by atoms with Gasteiger partial charge >= 0.3 is 0 Å². The van der Waals surface area contributed by atoms with E-state index in [4.69, 9.17) is 4.74 Å². The van der Waals surface area contributed by atoms with Crippen LogP contribution in [0.1, 0.15) is 73.7 Å². The first-order valence-electron chi connectivity index (χ1n) is 11.3. The van der Waals surface area contributed by atoms with E-state index in [9.17, 15) is 9.59 Å². The van der Waals surface area contributed by atoms with E-state index < -0.39 is 5.54 Å². The van der Waals surface area contributed by atoms with Crippen molar-refractivity contribution in [1.82, 2.24) is 9.80 Å². The van der Waals surface area contributed by atoms with E-state index in [-0.39, 0.29) is 17.7 Å². The first kappa shape index (κ1) is 20.4. The number of nitrogens with zero attached hydrogens (tertiary/aromatic N) is 2. The van der Waals surface area contributed by atoms with Gasteiger partial charge in [0.2, 0.25) is 5.91 Å². The molecule has 29 heavy (non-hydrogen) atoms. The van der Waals surface area contributed by atoms with Crippen molar-refractivity contribution in [2.24, 2.45) is 5.92 Å². The average molecular weight is 399 g/mol. The molecule has 158 valence electrons. The SMILES string of the molecule is COCCN1C(=O)c2ccccc2C(C(=O)N2CCC(C)CC2)C12CCCCC2. The van der Waals surface area contributed by atoms with Gasteiger partial charge in [-0.05, 0) is 43.2 Å². The summed E-state index contributed by atoms with van der Waals surface area (Å²) in [5, 5.41) is 0. The summed E-state index contributed by atoms with van der Waals surface area (Å²) in [5.74, 6) is 0.708. The van der Waals surface area contributed by atoms with Crippen molar-refractivity contribution in [3.8, 4) is 0 Å². The molecule has 1 atom stereocenters. The Morgan fingerprint density at radius 2 is 1.83 bits per heavy atom. The molecule has 1 aliphatic carbocycles. The molecule has 0 N–H and O–H groups in total. The van der Waals surface area contributed by atoms with Gasteiger partial charge in [-0.25, -0.2) is 0 Å². The third-order valence-electron chi connectivity index (χ3n) is 7.40. The minimum Gasteiger partial charge on any atom is -0.383 e. The highest BCUT2D eigenvalue weighted by Crippen LogP contribution is 2.50. The summed E-state index contributed by atoms with van der Waals surface area (Å²) in [7, 11) is 1.67. The molecule has 2 aliphatic heterocycles. The second-order valence-corrected chi connectivity index (χ2v) is 9.14. The predicted octanol–water partition coefficient (Wildman–Crippen LogP) is 3.83. The van der Waals surface area contributed by atoms with Gasteiger partial charge in [0.1, 0.15) is 0 Å². The normalized spacial score (nSPS) is 24.6. The molecule has 4 rings (SSSR count). The molecule has 1 saturated carbocycles. The number of rotatable bonds is 4. The summed E-state index contributed by atoms with van der Waals surface area (Å²) in [6, 6.07) is 7.80. The molecule has 2 heterocycles. The van der Waals surface area contributed by atoms with Crippen LogP contribution in [0.3, 0.4) is 0 Å². The van der Waals surface area contributed by atoms with Gasteiger partial charge < -0.3 is 14.5 Å². The van der Waals surface area contributed by atoms with E-state index in [0.29, 0.717) is 24.6 Å². The fourth-order valence-corrected chi connectivity index (χ4v) is 5.74. The summed E-state index contributed by atoms with van der Waals surface area (Å²) in [5.41, 5.74) is 1.22. The zero-order valence-electron chi connectivity index (χ0n) is 17.9. The lowest BCUT2D eigenvalue weighted by molar-refractivity contribution is -0.139. The van der Waals surface area contributed by atoms with E-state index in [1.165, 1.54) is 6.42 Å². The number of ether oxygens (including phenoxy) is 1. The highest BCUT2D eigenvalue weighted by Gasteiger charge is 2.55. The molecule has 0 bridgehead atoms. The highest BCUT2D eigenvalue weighted by atomic mass is 16.5. The molecule has 5 heteroatoms. The van der Waals surface area contributed by atoms with Gasteiger partial charge in [-0.1, -0.05) is 44.4 Å². The zero-order chi connectivity index (χ0) is 20.4. The summed E-state index contributed by atoms with van der Waals surface area (Å²) in [6.45, 7) is 4.98. The Kier molecular flexibility index (Phi) is 5.95. The van der Waals surface area contributed by atoms with Gasteiger partial charge in [-0.3, -0.25) is 9.59 Å². The van der Waals surface area contributed by atoms with Crippen molar-refractivity contribution >= 4 is 11.8 Å². The number of hydrogen-bond donors (Lipinski definition) is 0. The number of methoxy groups -OCH3 is 1. The van der Waals surface area contributed by atoms with E-state index in [1.54, 1.807) is 7.11 Å². The molecule has 1 aromatic carbocycles. The Hall–Kier alpha value is -1.88. The summed E-state index contributed by atoms with van der Waals surface area (Å²) >= 11 is 0. The highest BCUT2D eigenvalue weighted by molar-refractivity contribution is 6.02. The Morgan fingerprint density at radius 1 is 1.14 bits per heavy atom. The van der Waals surface area contributed by atoms with Gasteiger partial charge in [-0.15, -0.1) is 0 Å². The van der Waals surface area contributed by atoms with Gasteiger partial charge in [0, 0.05) is 32.3 Å². The molecule has 5 nitrogen and oxygen atoms in total. The molecule has 2 amide bonds. The largest absolute Gasteiger partial charge is 0.383 e. The fraction of sp³-hybridized carbons (Fsp3) is 0.667. The number of amides is 2.